The van der Waals surface area contributed by atoms with Crippen LogP contribution in [0.3, 0.4) is 0 Å². The maximum absolute atomic E-state index is 11.0. The van der Waals surface area contributed by atoms with Crippen molar-refractivity contribution in [2.75, 3.05) is 19.7 Å². The molecule has 0 aromatic carbocycles. The van der Waals surface area contributed by atoms with Crippen LogP contribution in [-0.4, -0.2) is 53.2 Å². The van der Waals surface area contributed by atoms with Gasteiger partial charge in [-0.3, -0.25) is 9.79 Å². The Hall–Kier alpha value is -1.40. The third kappa shape index (κ3) is 2.54. The molecule has 0 saturated carbocycles. The second kappa shape index (κ2) is 4.73. The minimum absolute atomic E-state index is 0.000556. The van der Waals surface area contributed by atoms with E-state index in [1.165, 1.54) is 6.21 Å². The number of nitrogens with one attached hydrogen (secondary N) is 1. The number of nitrogens with zero attached hydrogens (tertiary/aromatic N) is 1. The van der Waals surface area contributed by atoms with Crippen molar-refractivity contribution in [3.8, 4) is 0 Å². The van der Waals surface area contributed by atoms with E-state index < -0.39 is 6.10 Å². The Morgan fingerprint density at radius 1 is 1.64 bits per heavy atom. The molecule has 0 fully saturated rings. The standard InChI is InChI=1S/C8H12N2O4/c11-4-5(12)1-9-2-6-7(13)3-10-8(6)14/h2,5,11-13H,1,3-4H2,(H,10,14). The van der Waals surface area contributed by atoms with Crippen molar-refractivity contribution < 1.29 is 20.1 Å². The Morgan fingerprint density at radius 3 is 2.86 bits per heavy atom. The highest BCUT2D eigenvalue weighted by molar-refractivity contribution is 6.14. The molecule has 1 amide bonds. The highest BCUT2D eigenvalue weighted by Crippen LogP contribution is 2.05. The zero-order valence-electron chi connectivity index (χ0n) is 7.47. The summed E-state index contributed by atoms with van der Waals surface area (Å²) in [6.07, 6.45) is 0.259. The molecule has 0 aromatic rings. The lowest BCUT2D eigenvalue weighted by molar-refractivity contribution is -0.116. The molecule has 1 heterocycles. The molecular formula is C8H12N2O4. The smallest absolute Gasteiger partial charge is 0.256 e. The summed E-state index contributed by atoms with van der Waals surface area (Å²) in [5.41, 5.74) is 0.107. The third-order valence-electron chi connectivity index (χ3n) is 1.72. The molecule has 1 aliphatic rings. The molecule has 6 nitrogen and oxygen atoms in total. The molecule has 4 N–H and O–H groups in total. The van der Waals surface area contributed by atoms with Crippen LogP contribution < -0.4 is 5.32 Å². The number of carbonyl (C=O) groups excluding carboxylic acids is 1. The van der Waals surface area contributed by atoms with E-state index in [0.717, 1.165) is 0 Å². The summed E-state index contributed by atoms with van der Waals surface area (Å²) in [5, 5.41) is 29.0. The summed E-state index contributed by atoms with van der Waals surface area (Å²) < 4.78 is 0. The van der Waals surface area contributed by atoms with Crippen molar-refractivity contribution in [2.24, 2.45) is 4.99 Å². The lowest BCUT2D eigenvalue weighted by Gasteiger charge is -2.00. The van der Waals surface area contributed by atoms with Crippen LogP contribution >= 0.6 is 0 Å². The second-order valence-electron chi connectivity index (χ2n) is 2.87. The fraction of sp³-hybridized carbons (Fsp3) is 0.500. The highest BCUT2D eigenvalue weighted by atomic mass is 16.3. The molecule has 0 saturated heterocycles. The van der Waals surface area contributed by atoms with Gasteiger partial charge in [-0.2, -0.15) is 0 Å². The van der Waals surface area contributed by atoms with Crippen LogP contribution in [0.25, 0.3) is 0 Å². The average Bonchev–Trinajstić information content (AvgIpc) is 2.48. The molecular weight excluding hydrogens is 188 g/mol. The summed E-state index contributed by atoms with van der Waals surface area (Å²) in [4.78, 5) is 14.7. The largest absolute Gasteiger partial charge is 0.510 e. The van der Waals surface area contributed by atoms with Crippen molar-refractivity contribution in [3.63, 3.8) is 0 Å². The molecule has 0 spiro atoms. The highest BCUT2D eigenvalue weighted by Gasteiger charge is 2.19. The van der Waals surface area contributed by atoms with Crippen LogP contribution in [0, 0.1) is 0 Å². The van der Waals surface area contributed by atoms with Gasteiger partial charge in [0.05, 0.1) is 31.4 Å². The maximum Gasteiger partial charge on any atom is 0.256 e. The van der Waals surface area contributed by atoms with Gasteiger partial charge in [-0.25, -0.2) is 0 Å². The summed E-state index contributed by atoms with van der Waals surface area (Å²) in [6, 6.07) is 0. The summed E-state index contributed by atoms with van der Waals surface area (Å²) in [7, 11) is 0. The number of aliphatic hydroxyl groups is 3. The first-order chi connectivity index (χ1) is 6.65. The number of amides is 1. The minimum Gasteiger partial charge on any atom is -0.510 e. The number of rotatable bonds is 4. The van der Waals surface area contributed by atoms with Crippen LogP contribution in [0.5, 0.6) is 0 Å². The van der Waals surface area contributed by atoms with Crippen molar-refractivity contribution in [1.29, 1.82) is 0 Å². The van der Waals surface area contributed by atoms with Gasteiger partial charge in [0.1, 0.15) is 5.76 Å². The van der Waals surface area contributed by atoms with Gasteiger partial charge in [0.25, 0.3) is 5.91 Å². The molecule has 1 unspecified atom stereocenters. The quantitative estimate of drug-likeness (QED) is 0.408. The maximum atomic E-state index is 11.0. The normalized spacial score (nSPS) is 19.1. The Labute approximate surface area is 80.6 Å². The molecule has 1 rings (SSSR count). The Bertz CT molecular complexity index is 285. The van der Waals surface area contributed by atoms with Crippen molar-refractivity contribution in [2.45, 2.75) is 6.10 Å². The van der Waals surface area contributed by atoms with E-state index in [-0.39, 0.29) is 36.9 Å². The van der Waals surface area contributed by atoms with E-state index in [9.17, 15) is 9.90 Å². The lowest BCUT2D eigenvalue weighted by Crippen LogP contribution is -2.19. The fourth-order valence-electron chi connectivity index (χ4n) is 0.942. The van der Waals surface area contributed by atoms with Crippen molar-refractivity contribution in [3.05, 3.63) is 11.3 Å². The molecule has 0 bridgehead atoms. The van der Waals surface area contributed by atoms with Gasteiger partial charge in [0.2, 0.25) is 0 Å². The van der Waals surface area contributed by atoms with Crippen LogP contribution in [0.4, 0.5) is 0 Å². The predicted molar refractivity (Wildman–Crippen MR) is 49.1 cm³/mol. The van der Waals surface area contributed by atoms with Gasteiger partial charge in [0.15, 0.2) is 0 Å². The van der Waals surface area contributed by atoms with Gasteiger partial charge in [0, 0.05) is 6.21 Å². The summed E-state index contributed by atoms with van der Waals surface area (Å²) in [5.74, 6) is -0.443. The number of aliphatic hydroxyl groups excluding tert-OH is 3. The summed E-state index contributed by atoms with van der Waals surface area (Å²) in [6.45, 7) is -0.266. The average molecular weight is 200 g/mol. The zero-order chi connectivity index (χ0) is 10.6. The molecule has 0 aliphatic carbocycles. The Morgan fingerprint density at radius 2 is 2.36 bits per heavy atom. The number of hydrogen-bond donors (Lipinski definition) is 4. The van der Waals surface area contributed by atoms with Gasteiger partial charge in [-0.05, 0) is 0 Å². The van der Waals surface area contributed by atoms with Gasteiger partial charge >= 0.3 is 0 Å². The number of aliphatic imine (C=N–C) groups is 1. The van der Waals surface area contributed by atoms with E-state index in [4.69, 9.17) is 10.2 Å². The lowest BCUT2D eigenvalue weighted by atomic mass is 10.3. The number of carbonyl (C=O) groups is 1. The third-order valence-corrected chi connectivity index (χ3v) is 1.72. The SMILES string of the molecule is O=C1NCC(O)=C1C=NCC(O)CO. The van der Waals surface area contributed by atoms with E-state index >= 15 is 0 Å². The Balaban J connectivity index is 2.51. The molecule has 1 atom stereocenters. The van der Waals surface area contributed by atoms with Gasteiger partial charge in [-0.15, -0.1) is 0 Å². The first-order valence-electron chi connectivity index (χ1n) is 4.14. The fourth-order valence-corrected chi connectivity index (χ4v) is 0.942. The molecule has 1 aliphatic heterocycles. The number of hydrogen-bond acceptors (Lipinski definition) is 5. The van der Waals surface area contributed by atoms with Crippen molar-refractivity contribution >= 4 is 12.1 Å². The molecule has 14 heavy (non-hydrogen) atoms. The Kier molecular flexibility index (Phi) is 3.61. The molecule has 0 aromatic heterocycles. The van der Waals surface area contributed by atoms with Gasteiger partial charge < -0.3 is 20.6 Å². The predicted octanol–water partition coefficient (Wildman–Crippen LogP) is -1.65. The zero-order valence-corrected chi connectivity index (χ0v) is 7.47. The van der Waals surface area contributed by atoms with E-state index in [1.807, 2.05) is 0 Å². The second-order valence-corrected chi connectivity index (χ2v) is 2.87. The first kappa shape index (κ1) is 10.7. The summed E-state index contributed by atoms with van der Waals surface area (Å²) >= 11 is 0. The van der Waals surface area contributed by atoms with E-state index in [1.54, 1.807) is 0 Å². The monoisotopic (exact) mass is 200 g/mol. The molecule has 78 valence electrons. The first-order valence-corrected chi connectivity index (χ1v) is 4.14. The van der Waals surface area contributed by atoms with Crippen LogP contribution in [0.15, 0.2) is 16.3 Å². The van der Waals surface area contributed by atoms with E-state index in [2.05, 4.69) is 10.3 Å². The van der Waals surface area contributed by atoms with Gasteiger partial charge in [-0.1, -0.05) is 0 Å². The molecule has 6 heteroatoms. The van der Waals surface area contributed by atoms with Crippen LogP contribution in [0.2, 0.25) is 0 Å². The topological polar surface area (TPSA) is 102 Å². The van der Waals surface area contributed by atoms with Crippen LogP contribution in [-0.2, 0) is 4.79 Å². The van der Waals surface area contributed by atoms with Crippen molar-refractivity contribution in [1.82, 2.24) is 5.32 Å². The van der Waals surface area contributed by atoms with Crippen LogP contribution in [0.1, 0.15) is 0 Å². The molecule has 0 radical (unpaired) electrons. The minimum atomic E-state index is -0.932. The van der Waals surface area contributed by atoms with E-state index in [0.29, 0.717) is 0 Å².